The molecule has 0 aliphatic carbocycles. The fourth-order valence-electron chi connectivity index (χ4n) is 1.04. The zero-order valence-electron chi connectivity index (χ0n) is 7.25. The average molecular weight is 175 g/mol. The van der Waals surface area contributed by atoms with E-state index in [-0.39, 0.29) is 0 Å². The van der Waals surface area contributed by atoms with Gasteiger partial charge in [0.1, 0.15) is 5.82 Å². The van der Waals surface area contributed by atoms with Crippen LogP contribution in [-0.4, -0.2) is 25.2 Å². The van der Waals surface area contributed by atoms with Crippen LogP contribution < -0.4 is 0 Å². The third kappa shape index (κ3) is 1.69. The molecule has 5 heteroatoms. The molecule has 0 unspecified atom stereocenters. The Kier molecular flexibility index (Phi) is 1.99. The molecule has 0 aliphatic rings. The summed E-state index contributed by atoms with van der Waals surface area (Å²) < 4.78 is 1.71. The van der Waals surface area contributed by atoms with Crippen molar-refractivity contribution in [2.24, 2.45) is 0 Å². The van der Waals surface area contributed by atoms with Crippen molar-refractivity contribution in [2.75, 3.05) is 0 Å². The molecule has 0 atom stereocenters. The topological polar surface area (TPSA) is 56.5 Å². The van der Waals surface area contributed by atoms with Crippen LogP contribution in [0.4, 0.5) is 0 Å². The van der Waals surface area contributed by atoms with Gasteiger partial charge in [0.2, 0.25) is 0 Å². The fraction of sp³-hybridized carbons (Fsp3) is 0.250. The SMILES string of the molecule is Cc1nnnn1Cc1ccccn1. The third-order valence-corrected chi connectivity index (χ3v) is 1.75. The maximum Gasteiger partial charge on any atom is 0.148 e. The van der Waals surface area contributed by atoms with E-state index < -0.39 is 0 Å². The summed E-state index contributed by atoms with van der Waals surface area (Å²) in [6, 6.07) is 5.78. The van der Waals surface area contributed by atoms with Gasteiger partial charge in [-0.05, 0) is 29.5 Å². The lowest BCUT2D eigenvalue weighted by atomic mass is 10.3. The molecule has 2 aromatic heterocycles. The maximum absolute atomic E-state index is 4.18. The molecule has 2 aromatic rings. The molecule has 0 aliphatic heterocycles. The van der Waals surface area contributed by atoms with Crippen molar-refractivity contribution in [3.05, 3.63) is 35.9 Å². The van der Waals surface area contributed by atoms with Gasteiger partial charge in [-0.3, -0.25) is 4.98 Å². The standard InChI is InChI=1S/C8H9N5/c1-7-10-11-12-13(7)6-8-4-2-3-5-9-8/h2-5H,6H2,1H3. The molecule has 0 bridgehead atoms. The Bertz CT molecular complexity index is 380. The second-order valence-electron chi connectivity index (χ2n) is 2.70. The molecule has 66 valence electrons. The Balaban J connectivity index is 2.20. The van der Waals surface area contributed by atoms with E-state index in [2.05, 4.69) is 20.5 Å². The van der Waals surface area contributed by atoms with E-state index in [1.54, 1.807) is 10.9 Å². The van der Waals surface area contributed by atoms with E-state index in [9.17, 15) is 0 Å². The van der Waals surface area contributed by atoms with Crippen molar-refractivity contribution in [1.82, 2.24) is 25.2 Å². The highest BCUT2D eigenvalue weighted by Gasteiger charge is 2.00. The van der Waals surface area contributed by atoms with E-state index in [4.69, 9.17) is 0 Å². The summed E-state index contributed by atoms with van der Waals surface area (Å²) in [7, 11) is 0. The minimum Gasteiger partial charge on any atom is -0.259 e. The molecule has 0 saturated heterocycles. The molecule has 0 spiro atoms. The summed E-state index contributed by atoms with van der Waals surface area (Å²) in [4.78, 5) is 4.18. The summed E-state index contributed by atoms with van der Waals surface area (Å²) in [5.41, 5.74) is 0.956. The molecule has 0 aromatic carbocycles. The second kappa shape index (κ2) is 3.30. The van der Waals surface area contributed by atoms with Crippen LogP contribution in [0.2, 0.25) is 0 Å². The zero-order chi connectivity index (χ0) is 9.10. The first-order valence-electron chi connectivity index (χ1n) is 3.99. The molecule has 5 nitrogen and oxygen atoms in total. The molecular formula is C8H9N5. The minimum absolute atomic E-state index is 0.625. The minimum atomic E-state index is 0.625. The molecule has 0 saturated carbocycles. The van der Waals surface area contributed by atoms with Crippen LogP contribution in [0, 0.1) is 6.92 Å². The van der Waals surface area contributed by atoms with Crippen LogP contribution in [0.15, 0.2) is 24.4 Å². The molecule has 0 radical (unpaired) electrons. The van der Waals surface area contributed by atoms with Gasteiger partial charge < -0.3 is 0 Å². The van der Waals surface area contributed by atoms with Gasteiger partial charge in [0.25, 0.3) is 0 Å². The average Bonchev–Trinajstić information content (AvgIpc) is 2.54. The summed E-state index contributed by atoms with van der Waals surface area (Å²) in [6.07, 6.45) is 1.76. The van der Waals surface area contributed by atoms with Gasteiger partial charge in [-0.15, -0.1) is 5.10 Å². The number of hydrogen-bond acceptors (Lipinski definition) is 4. The van der Waals surface area contributed by atoms with Gasteiger partial charge in [0.05, 0.1) is 12.2 Å². The molecule has 0 N–H and O–H groups in total. The Labute approximate surface area is 75.4 Å². The third-order valence-electron chi connectivity index (χ3n) is 1.75. The van der Waals surface area contributed by atoms with E-state index >= 15 is 0 Å². The largest absolute Gasteiger partial charge is 0.259 e. The first-order valence-corrected chi connectivity index (χ1v) is 3.99. The Morgan fingerprint density at radius 1 is 1.38 bits per heavy atom. The molecule has 0 amide bonds. The summed E-state index contributed by atoms with van der Waals surface area (Å²) in [6.45, 7) is 2.49. The molecule has 2 rings (SSSR count). The van der Waals surface area contributed by atoms with Crippen LogP contribution in [-0.2, 0) is 6.54 Å². The van der Waals surface area contributed by atoms with Gasteiger partial charge in [-0.2, -0.15) is 0 Å². The van der Waals surface area contributed by atoms with Crippen LogP contribution in [0.25, 0.3) is 0 Å². The molecule has 2 heterocycles. The van der Waals surface area contributed by atoms with Crippen LogP contribution >= 0.6 is 0 Å². The first kappa shape index (κ1) is 7.85. The van der Waals surface area contributed by atoms with Gasteiger partial charge >= 0.3 is 0 Å². The van der Waals surface area contributed by atoms with E-state index in [0.29, 0.717) is 6.54 Å². The number of aromatic nitrogens is 5. The smallest absolute Gasteiger partial charge is 0.148 e. The predicted molar refractivity (Wildman–Crippen MR) is 45.9 cm³/mol. The molecular weight excluding hydrogens is 166 g/mol. The first-order chi connectivity index (χ1) is 6.36. The van der Waals surface area contributed by atoms with Crippen LogP contribution in [0.1, 0.15) is 11.5 Å². The van der Waals surface area contributed by atoms with Crippen molar-refractivity contribution in [1.29, 1.82) is 0 Å². The number of nitrogens with zero attached hydrogens (tertiary/aromatic N) is 5. The highest BCUT2D eigenvalue weighted by Crippen LogP contribution is 1.97. The highest BCUT2D eigenvalue weighted by atomic mass is 15.5. The predicted octanol–water partition coefficient (Wildman–Crippen LogP) is 0.425. The Morgan fingerprint density at radius 3 is 2.92 bits per heavy atom. The van der Waals surface area contributed by atoms with E-state index in [0.717, 1.165) is 11.5 Å². The number of pyridine rings is 1. The summed E-state index contributed by atoms with van der Waals surface area (Å²) >= 11 is 0. The maximum atomic E-state index is 4.18. The van der Waals surface area contributed by atoms with Crippen molar-refractivity contribution in [3.8, 4) is 0 Å². The number of rotatable bonds is 2. The Hall–Kier alpha value is -1.78. The lowest BCUT2D eigenvalue weighted by Crippen LogP contribution is -2.05. The van der Waals surface area contributed by atoms with Crippen LogP contribution in [0.3, 0.4) is 0 Å². The summed E-state index contributed by atoms with van der Waals surface area (Å²) in [5, 5.41) is 11.2. The zero-order valence-corrected chi connectivity index (χ0v) is 7.25. The van der Waals surface area contributed by atoms with Gasteiger partial charge in [-0.25, -0.2) is 4.68 Å². The van der Waals surface area contributed by atoms with Crippen molar-refractivity contribution in [2.45, 2.75) is 13.5 Å². The number of hydrogen-bond donors (Lipinski definition) is 0. The second-order valence-corrected chi connectivity index (χ2v) is 2.70. The monoisotopic (exact) mass is 175 g/mol. The van der Waals surface area contributed by atoms with Gasteiger partial charge in [-0.1, -0.05) is 6.07 Å². The summed E-state index contributed by atoms with van der Waals surface area (Å²) in [5.74, 6) is 0.797. The molecule has 13 heavy (non-hydrogen) atoms. The lowest BCUT2D eigenvalue weighted by Gasteiger charge is -1.99. The fourth-order valence-corrected chi connectivity index (χ4v) is 1.04. The van der Waals surface area contributed by atoms with Gasteiger partial charge in [0, 0.05) is 6.20 Å². The normalized spacial score (nSPS) is 10.2. The van der Waals surface area contributed by atoms with Gasteiger partial charge in [0.15, 0.2) is 0 Å². The highest BCUT2D eigenvalue weighted by molar-refractivity contribution is 5.03. The van der Waals surface area contributed by atoms with Crippen molar-refractivity contribution in [3.63, 3.8) is 0 Å². The number of aryl methyl sites for hydroxylation is 1. The molecule has 0 fully saturated rings. The van der Waals surface area contributed by atoms with Crippen LogP contribution in [0.5, 0.6) is 0 Å². The van der Waals surface area contributed by atoms with Crippen molar-refractivity contribution >= 4 is 0 Å². The Morgan fingerprint density at radius 2 is 2.31 bits per heavy atom. The van der Waals surface area contributed by atoms with E-state index in [1.165, 1.54) is 0 Å². The van der Waals surface area contributed by atoms with Crippen molar-refractivity contribution < 1.29 is 0 Å². The van der Waals surface area contributed by atoms with E-state index in [1.807, 2.05) is 25.1 Å². The number of tetrazole rings is 1. The lowest BCUT2D eigenvalue weighted by molar-refractivity contribution is 0.623. The quantitative estimate of drug-likeness (QED) is 0.664.